The molecule has 0 heterocycles. The first-order valence-corrected chi connectivity index (χ1v) is 7.80. The molecule has 0 aliphatic carbocycles. The van der Waals surface area contributed by atoms with E-state index in [-0.39, 0.29) is 6.42 Å². The summed E-state index contributed by atoms with van der Waals surface area (Å²) in [7, 11) is 0. The fourth-order valence-corrected chi connectivity index (χ4v) is 2.18. The van der Waals surface area contributed by atoms with Gasteiger partial charge in [0.2, 0.25) is 0 Å². The van der Waals surface area contributed by atoms with E-state index in [1.54, 1.807) is 0 Å². The molecule has 0 atom stereocenters. The Morgan fingerprint density at radius 3 is 1.84 bits per heavy atom. The summed E-state index contributed by atoms with van der Waals surface area (Å²) >= 11 is 0. The smallest absolute Gasteiger partial charge is 0.304 e. The van der Waals surface area contributed by atoms with Gasteiger partial charge in [-0.3, -0.25) is 4.79 Å². The number of nitrogens with zero attached hydrogens (tertiary/aromatic N) is 2. The van der Waals surface area contributed by atoms with Gasteiger partial charge in [-0.1, -0.05) is 27.2 Å². The standard InChI is InChI=1S/C15H32N2O2/c1-4-7-11-17(14-10-15(18)19)13-9-8-12-16(5-2)6-3/h4-14H2,1-3H3,(H,18,19). The van der Waals surface area contributed by atoms with Gasteiger partial charge in [-0.2, -0.15) is 0 Å². The number of rotatable bonds is 13. The van der Waals surface area contributed by atoms with Crippen molar-refractivity contribution in [2.75, 3.05) is 39.3 Å². The Morgan fingerprint density at radius 2 is 1.37 bits per heavy atom. The van der Waals surface area contributed by atoms with Crippen molar-refractivity contribution in [1.29, 1.82) is 0 Å². The molecule has 0 rings (SSSR count). The molecule has 0 radical (unpaired) electrons. The summed E-state index contributed by atoms with van der Waals surface area (Å²) in [6, 6.07) is 0. The minimum Gasteiger partial charge on any atom is -0.481 e. The maximum atomic E-state index is 10.6. The van der Waals surface area contributed by atoms with E-state index < -0.39 is 5.97 Å². The lowest BCUT2D eigenvalue weighted by molar-refractivity contribution is -0.137. The Kier molecular flexibility index (Phi) is 12.0. The second-order valence-corrected chi connectivity index (χ2v) is 5.07. The van der Waals surface area contributed by atoms with Crippen molar-refractivity contribution in [3.63, 3.8) is 0 Å². The number of unbranched alkanes of at least 4 members (excludes halogenated alkanes) is 2. The van der Waals surface area contributed by atoms with E-state index in [0.717, 1.165) is 39.1 Å². The number of carboxylic acids is 1. The van der Waals surface area contributed by atoms with Crippen LogP contribution in [0.3, 0.4) is 0 Å². The van der Waals surface area contributed by atoms with Crippen molar-refractivity contribution in [2.24, 2.45) is 0 Å². The molecule has 0 aromatic heterocycles. The molecular formula is C15H32N2O2. The second-order valence-electron chi connectivity index (χ2n) is 5.07. The van der Waals surface area contributed by atoms with E-state index in [1.807, 2.05) is 0 Å². The van der Waals surface area contributed by atoms with Crippen molar-refractivity contribution < 1.29 is 9.90 Å². The lowest BCUT2D eigenvalue weighted by atomic mass is 10.2. The van der Waals surface area contributed by atoms with Gasteiger partial charge in [0, 0.05) is 6.54 Å². The van der Waals surface area contributed by atoms with Gasteiger partial charge < -0.3 is 14.9 Å². The summed E-state index contributed by atoms with van der Waals surface area (Å²) in [5, 5.41) is 8.76. The lowest BCUT2D eigenvalue weighted by Crippen LogP contribution is -2.30. The van der Waals surface area contributed by atoms with Crippen molar-refractivity contribution >= 4 is 5.97 Å². The minimum atomic E-state index is -0.690. The fraction of sp³-hybridized carbons (Fsp3) is 0.933. The van der Waals surface area contributed by atoms with Crippen LogP contribution in [-0.4, -0.2) is 60.1 Å². The molecule has 0 aliphatic rings. The average molecular weight is 272 g/mol. The van der Waals surface area contributed by atoms with Gasteiger partial charge in [-0.05, 0) is 52.0 Å². The van der Waals surface area contributed by atoms with Crippen LogP contribution >= 0.6 is 0 Å². The molecule has 0 unspecified atom stereocenters. The number of carboxylic acid groups (broad SMARTS) is 1. The molecule has 19 heavy (non-hydrogen) atoms. The maximum absolute atomic E-state index is 10.6. The zero-order valence-electron chi connectivity index (χ0n) is 13.0. The Bertz CT molecular complexity index is 218. The first-order chi connectivity index (χ1) is 9.13. The average Bonchev–Trinajstić information content (AvgIpc) is 2.40. The zero-order chi connectivity index (χ0) is 14.5. The van der Waals surface area contributed by atoms with Crippen molar-refractivity contribution in [1.82, 2.24) is 9.80 Å². The molecule has 114 valence electrons. The van der Waals surface area contributed by atoms with Crippen LogP contribution in [0.5, 0.6) is 0 Å². The Labute approximate surface area is 118 Å². The Morgan fingerprint density at radius 1 is 0.842 bits per heavy atom. The van der Waals surface area contributed by atoms with Crippen LogP contribution in [0.4, 0.5) is 0 Å². The molecule has 4 heteroatoms. The summed E-state index contributed by atoms with van der Waals surface area (Å²) in [5.41, 5.74) is 0. The predicted octanol–water partition coefficient (Wildman–Crippen LogP) is 2.69. The number of carbonyl (C=O) groups is 1. The van der Waals surface area contributed by atoms with Crippen molar-refractivity contribution in [3.05, 3.63) is 0 Å². The van der Waals surface area contributed by atoms with Crippen LogP contribution in [0.25, 0.3) is 0 Å². The highest BCUT2D eigenvalue weighted by Gasteiger charge is 2.07. The van der Waals surface area contributed by atoms with Crippen molar-refractivity contribution in [3.8, 4) is 0 Å². The van der Waals surface area contributed by atoms with Gasteiger partial charge in [0.05, 0.1) is 6.42 Å². The molecule has 0 saturated carbocycles. The second kappa shape index (κ2) is 12.4. The van der Waals surface area contributed by atoms with Gasteiger partial charge in [-0.15, -0.1) is 0 Å². The third-order valence-electron chi connectivity index (χ3n) is 3.56. The van der Waals surface area contributed by atoms with Gasteiger partial charge in [0.25, 0.3) is 0 Å². The summed E-state index contributed by atoms with van der Waals surface area (Å²) in [5.74, 6) is -0.690. The molecule has 0 saturated heterocycles. The largest absolute Gasteiger partial charge is 0.481 e. The van der Waals surface area contributed by atoms with Gasteiger partial charge in [0.15, 0.2) is 0 Å². The molecule has 1 N–H and O–H groups in total. The summed E-state index contributed by atoms with van der Waals surface area (Å²) in [6.07, 6.45) is 4.97. The van der Waals surface area contributed by atoms with Crippen LogP contribution in [0.15, 0.2) is 0 Å². The first kappa shape index (κ1) is 18.4. The predicted molar refractivity (Wildman–Crippen MR) is 80.6 cm³/mol. The normalized spacial score (nSPS) is 11.4. The van der Waals surface area contributed by atoms with E-state index in [4.69, 9.17) is 5.11 Å². The van der Waals surface area contributed by atoms with Crippen LogP contribution in [0, 0.1) is 0 Å². The van der Waals surface area contributed by atoms with Crippen LogP contribution < -0.4 is 0 Å². The Balaban J connectivity index is 3.80. The fourth-order valence-electron chi connectivity index (χ4n) is 2.18. The van der Waals surface area contributed by atoms with E-state index in [0.29, 0.717) is 6.54 Å². The lowest BCUT2D eigenvalue weighted by Gasteiger charge is -2.22. The molecular weight excluding hydrogens is 240 g/mol. The molecule has 0 aliphatic heterocycles. The molecule has 0 aromatic carbocycles. The SMILES string of the molecule is CCCCN(CCCCN(CC)CC)CCC(=O)O. The minimum absolute atomic E-state index is 0.264. The highest BCUT2D eigenvalue weighted by atomic mass is 16.4. The third kappa shape index (κ3) is 11.0. The van der Waals surface area contributed by atoms with E-state index >= 15 is 0 Å². The first-order valence-electron chi connectivity index (χ1n) is 7.80. The van der Waals surface area contributed by atoms with Crippen molar-refractivity contribution in [2.45, 2.75) is 52.9 Å². The number of aliphatic carboxylic acids is 1. The van der Waals surface area contributed by atoms with Crippen LogP contribution in [-0.2, 0) is 4.79 Å². The van der Waals surface area contributed by atoms with Crippen LogP contribution in [0.1, 0.15) is 52.9 Å². The molecule has 0 bridgehead atoms. The Hall–Kier alpha value is -0.610. The van der Waals surface area contributed by atoms with E-state index in [2.05, 4.69) is 30.6 Å². The number of hydrogen-bond donors (Lipinski definition) is 1. The quantitative estimate of drug-likeness (QED) is 0.524. The molecule has 4 nitrogen and oxygen atoms in total. The molecule has 0 amide bonds. The highest BCUT2D eigenvalue weighted by Crippen LogP contribution is 2.02. The summed E-state index contributed by atoms with van der Waals surface area (Å²) < 4.78 is 0. The number of hydrogen-bond acceptors (Lipinski definition) is 3. The van der Waals surface area contributed by atoms with Gasteiger partial charge >= 0.3 is 5.97 Å². The van der Waals surface area contributed by atoms with Gasteiger partial charge in [-0.25, -0.2) is 0 Å². The van der Waals surface area contributed by atoms with E-state index in [1.165, 1.54) is 19.3 Å². The zero-order valence-corrected chi connectivity index (χ0v) is 13.0. The highest BCUT2D eigenvalue weighted by molar-refractivity contribution is 5.66. The topological polar surface area (TPSA) is 43.8 Å². The van der Waals surface area contributed by atoms with Crippen LogP contribution in [0.2, 0.25) is 0 Å². The van der Waals surface area contributed by atoms with E-state index in [9.17, 15) is 4.79 Å². The maximum Gasteiger partial charge on any atom is 0.304 e. The monoisotopic (exact) mass is 272 g/mol. The third-order valence-corrected chi connectivity index (χ3v) is 3.56. The molecule has 0 aromatic rings. The summed E-state index contributed by atoms with van der Waals surface area (Å²) in [4.78, 5) is 15.4. The molecule has 0 fully saturated rings. The molecule has 0 spiro atoms. The summed E-state index contributed by atoms with van der Waals surface area (Å²) in [6.45, 7) is 12.7. The van der Waals surface area contributed by atoms with Gasteiger partial charge in [0.1, 0.15) is 0 Å².